The van der Waals surface area contributed by atoms with E-state index in [0.29, 0.717) is 6.54 Å². The smallest absolute Gasteiger partial charge is 0.242 e. The van der Waals surface area contributed by atoms with Gasteiger partial charge in [0, 0.05) is 6.54 Å². The molecule has 0 aromatic heterocycles. The van der Waals surface area contributed by atoms with E-state index in [-0.39, 0.29) is 17.2 Å². The molecule has 0 aliphatic carbocycles. The Balaban J connectivity index is 4.30. The molecule has 5 heteroatoms. The summed E-state index contributed by atoms with van der Waals surface area (Å²) in [6.45, 7) is 9.66. The summed E-state index contributed by atoms with van der Waals surface area (Å²) in [4.78, 5) is 23.1. The lowest BCUT2D eigenvalue weighted by molar-refractivity contribution is -0.130. The van der Waals surface area contributed by atoms with E-state index in [9.17, 15) is 9.59 Å². The normalized spacial score (nSPS) is 15.1. The molecule has 0 radical (unpaired) electrons. The van der Waals surface area contributed by atoms with Gasteiger partial charge in [-0.15, -0.1) is 0 Å². The van der Waals surface area contributed by atoms with Crippen LogP contribution in [0.2, 0.25) is 0 Å². The molecule has 4 N–H and O–H groups in total. The first-order valence-corrected chi connectivity index (χ1v) is 5.53. The second-order valence-corrected chi connectivity index (χ2v) is 4.97. The minimum atomic E-state index is -0.621. The zero-order valence-corrected chi connectivity index (χ0v) is 10.8. The van der Waals surface area contributed by atoms with Crippen molar-refractivity contribution in [2.75, 3.05) is 6.54 Å². The lowest BCUT2D eigenvalue weighted by Gasteiger charge is -2.27. The molecule has 0 aliphatic rings. The molecule has 94 valence electrons. The van der Waals surface area contributed by atoms with Crippen molar-refractivity contribution in [3.63, 3.8) is 0 Å². The minimum Gasteiger partial charge on any atom is -0.355 e. The fourth-order valence-corrected chi connectivity index (χ4v) is 1.09. The first kappa shape index (κ1) is 14.9. The number of amides is 2. The van der Waals surface area contributed by atoms with Crippen LogP contribution in [0, 0.1) is 5.41 Å². The van der Waals surface area contributed by atoms with E-state index in [1.165, 1.54) is 0 Å². The van der Waals surface area contributed by atoms with Crippen molar-refractivity contribution in [3.8, 4) is 0 Å². The van der Waals surface area contributed by atoms with Gasteiger partial charge in [0.25, 0.3) is 0 Å². The van der Waals surface area contributed by atoms with Crippen molar-refractivity contribution in [1.82, 2.24) is 10.6 Å². The molecule has 2 atom stereocenters. The molecule has 0 rings (SSSR count). The first-order chi connectivity index (χ1) is 7.20. The monoisotopic (exact) mass is 229 g/mol. The highest BCUT2D eigenvalue weighted by Gasteiger charge is 2.29. The molecule has 0 bridgehead atoms. The third-order valence-electron chi connectivity index (χ3n) is 2.32. The fraction of sp³-hybridized carbons (Fsp3) is 0.818. The van der Waals surface area contributed by atoms with Crippen molar-refractivity contribution in [3.05, 3.63) is 0 Å². The van der Waals surface area contributed by atoms with Gasteiger partial charge in [0.1, 0.15) is 6.04 Å². The summed E-state index contributed by atoms with van der Waals surface area (Å²) in [7, 11) is 0. The van der Waals surface area contributed by atoms with E-state index in [2.05, 4.69) is 10.6 Å². The van der Waals surface area contributed by atoms with Crippen LogP contribution in [-0.4, -0.2) is 30.4 Å². The lowest BCUT2D eigenvalue weighted by Crippen LogP contribution is -2.54. The highest BCUT2D eigenvalue weighted by Crippen LogP contribution is 2.17. The van der Waals surface area contributed by atoms with Gasteiger partial charge in [0.05, 0.1) is 6.04 Å². The van der Waals surface area contributed by atoms with Crippen molar-refractivity contribution >= 4 is 11.8 Å². The number of likely N-dealkylation sites (N-methyl/N-ethyl adjacent to an activating group) is 1. The number of nitrogens with one attached hydrogen (secondary N) is 2. The number of hydrogen-bond acceptors (Lipinski definition) is 3. The summed E-state index contributed by atoms with van der Waals surface area (Å²) in [5.41, 5.74) is 5.46. The third kappa shape index (κ3) is 4.61. The van der Waals surface area contributed by atoms with Crippen molar-refractivity contribution < 1.29 is 9.59 Å². The zero-order chi connectivity index (χ0) is 12.9. The number of hydrogen-bond donors (Lipinski definition) is 3. The van der Waals surface area contributed by atoms with Gasteiger partial charge < -0.3 is 16.4 Å². The molecule has 0 saturated carbocycles. The Kier molecular flexibility index (Phi) is 5.44. The predicted molar refractivity (Wildman–Crippen MR) is 63.7 cm³/mol. The van der Waals surface area contributed by atoms with Gasteiger partial charge in [0.15, 0.2) is 0 Å². The van der Waals surface area contributed by atoms with E-state index in [1.54, 1.807) is 6.92 Å². The molecule has 5 nitrogen and oxygen atoms in total. The number of carbonyl (C=O) groups is 2. The Morgan fingerprint density at radius 3 is 2.12 bits per heavy atom. The van der Waals surface area contributed by atoms with Crippen LogP contribution in [0.1, 0.15) is 34.6 Å². The van der Waals surface area contributed by atoms with Gasteiger partial charge >= 0.3 is 0 Å². The van der Waals surface area contributed by atoms with Gasteiger partial charge in [-0.2, -0.15) is 0 Å². The minimum absolute atomic E-state index is 0.197. The summed E-state index contributed by atoms with van der Waals surface area (Å²) < 4.78 is 0. The van der Waals surface area contributed by atoms with Gasteiger partial charge in [-0.3, -0.25) is 9.59 Å². The lowest BCUT2D eigenvalue weighted by atomic mass is 9.87. The average molecular weight is 229 g/mol. The quantitative estimate of drug-likeness (QED) is 0.634. The first-order valence-electron chi connectivity index (χ1n) is 5.53. The Morgan fingerprint density at radius 2 is 1.75 bits per heavy atom. The number of nitrogens with two attached hydrogens (primary N) is 1. The van der Waals surface area contributed by atoms with Crippen LogP contribution in [0.15, 0.2) is 0 Å². The van der Waals surface area contributed by atoms with Crippen LogP contribution in [0.5, 0.6) is 0 Å². The third-order valence-corrected chi connectivity index (χ3v) is 2.32. The second kappa shape index (κ2) is 5.84. The molecular weight excluding hydrogens is 206 g/mol. The van der Waals surface area contributed by atoms with Crippen molar-refractivity contribution in [2.24, 2.45) is 11.1 Å². The van der Waals surface area contributed by atoms with Crippen molar-refractivity contribution in [1.29, 1.82) is 0 Å². The van der Waals surface area contributed by atoms with Gasteiger partial charge in [-0.25, -0.2) is 0 Å². The molecule has 0 spiro atoms. The van der Waals surface area contributed by atoms with Gasteiger partial charge in [-0.05, 0) is 19.3 Å². The molecule has 0 heterocycles. The Morgan fingerprint density at radius 1 is 1.25 bits per heavy atom. The highest BCUT2D eigenvalue weighted by atomic mass is 16.2. The molecule has 0 saturated heterocycles. The van der Waals surface area contributed by atoms with Crippen LogP contribution in [0.25, 0.3) is 0 Å². The summed E-state index contributed by atoms with van der Waals surface area (Å²) >= 11 is 0. The van der Waals surface area contributed by atoms with E-state index in [4.69, 9.17) is 5.73 Å². The molecule has 0 aromatic carbocycles. The van der Waals surface area contributed by atoms with E-state index in [0.717, 1.165) is 0 Å². The summed E-state index contributed by atoms with van der Waals surface area (Å²) in [6.07, 6.45) is 0. The van der Waals surface area contributed by atoms with Gasteiger partial charge in [-0.1, -0.05) is 20.8 Å². The summed E-state index contributed by atoms with van der Waals surface area (Å²) in [6, 6.07) is -1.18. The summed E-state index contributed by atoms with van der Waals surface area (Å²) in [5.74, 6) is -0.497. The molecule has 0 aromatic rings. The van der Waals surface area contributed by atoms with Crippen LogP contribution < -0.4 is 16.4 Å². The highest BCUT2D eigenvalue weighted by molar-refractivity contribution is 5.89. The fourth-order valence-electron chi connectivity index (χ4n) is 1.09. The molecule has 16 heavy (non-hydrogen) atoms. The Hall–Kier alpha value is -1.10. The average Bonchev–Trinajstić information content (AvgIpc) is 2.15. The Labute approximate surface area is 97.2 Å². The Bertz CT molecular complexity index is 258. The molecule has 2 amide bonds. The topological polar surface area (TPSA) is 84.2 Å². The van der Waals surface area contributed by atoms with E-state index >= 15 is 0 Å². The second-order valence-electron chi connectivity index (χ2n) is 4.97. The maximum absolute atomic E-state index is 11.7. The SMILES string of the molecule is CCNC(=O)C(C)NC(=O)[C@@H](N)C(C)(C)C. The standard InChI is InChI=1S/C11H23N3O2/c1-6-13-9(15)7(2)14-10(16)8(12)11(3,4)5/h7-8H,6,12H2,1-5H3,(H,13,15)(H,14,16)/t7?,8-/m1/s1. The predicted octanol–water partition coefficient (Wildman–Crippen LogP) is 0.000600. The molecule has 0 fully saturated rings. The van der Waals surface area contributed by atoms with Crippen LogP contribution in [0.4, 0.5) is 0 Å². The molecular formula is C11H23N3O2. The van der Waals surface area contributed by atoms with Crippen LogP contribution >= 0.6 is 0 Å². The maximum atomic E-state index is 11.7. The van der Waals surface area contributed by atoms with Crippen LogP contribution in [-0.2, 0) is 9.59 Å². The molecule has 0 aliphatic heterocycles. The van der Waals surface area contributed by atoms with E-state index < -0.39 is 12.1 Å². The van der Waals surface area contributed by atoms with Gasteiger partial charge in [0.2, 0.25) is 11.8 Å². The number of rotatable bonds is 4. The number of carbonyl (C=O) groups excluding carboxylic acids is 2. The largest absolute Gasteiger partial charge is 0.355 e. The van der Waals surface area contributed by atoms with E-state index in [1.807, 2.05) is 27.7 Å². The summed E-state index contributed by atoms with van der Waals surface area (Å²) in [5, 5.41) is 5.23. The van der Waals surface area contributed by atoms with Crippen LogP contribution in [0.3, 0.4) is 0 Å². The zero-order valence-electron chi connectivity index (χ0n) is 10.8. The maximum Gasteiger partial charge on any atom is 0.242 e. The van der Waals surface area contributed by atoms with Crippen molar-refractivity contribution in [2.45, 2.75) is 46.7 Å². The molecule has 1 unspecified atom stereocenters.